The number of aliphatic imine (C=N–C) groups is 1. The maximum atomic E-state index is 11.7. The van der Waals surface area contributed by atoms with Crippen molar-refractivity contribution in [2.45, 2.75) is 45.4 Å². The number of nitrogens with zero attached hydrogens (tertiary/aromatic N) is 1. The van der Waals surface area contributed by atoms with E-state index in [-0.39, 0.29) is 5.91 Å². The summed E-state index contributed by atoms with van der Waals surface area (Å²) in [6.07, 6.45) is 17.3. The molecule has 0 spiro atoms. The van der Waals surface area contributed by atoms with Crippen LogP contribution in [0.3, 0.4) is 0 Å². The summed E-state index contributed by atoms with van der Waals surface area (Å²) in [7, 11) is 0. The molecule has 98 valence electrons. The predicted octanol–water partition coefficient (Wildman–Crippen LogP) is 3.50. The zero-order valence-electron chi connectivity index (χ0n) is 11.1. The van der Waals surface area contributed by atoms with Crippen molar-refractivity contribution in [2.24, 2.45) is 4.99 Å². The largest absolute Gasteiger partial charge is 0.325 e. The first-order chi connectivity index (χ1) is 8.83. The van der Waals surface area contributed by atoms with Crippen LogP contribution in [-0.4, -0.2) is 12.1 Å². The van der Waals surface area contributed by atoms with E-state index in [0.29, 0.717) is 6.42 Å². The zero-order chi connectivity index (χ0) is 13.1. The van der Waals surface area contributed by atoms with Gasteiger partial charge in [-0.05, 0) is 31.8 Å². The molecule has 0 saturated heterocycles. The summed E-state index contributed by atoms with van der Waals surface area (Å²) in [5.41, 5.74) is 0.777. The van der Waals surface area contributed by atoms with E-state index < -0.39 is 0 Å². The third-order valence-electron chi connectivity index (χ3n) is 2.57. The van der Waals surface area contributed by atoms with Gasteiger partial charge in [-0.3, -0.25) is 9.79 Å². The number of carbonyl (C=O) groups is 1. The summed E-state index contributed by atoms with van der Waals surface area (Å²) >= 11 is 0. The van der Waals surface area contributed by atoms with Gasteiger partial charge in [0.15, 0.2) is 0 Å². The Morgan fingerprint density at radius 1 is 1.44 bits per heavy atom. The molecule has 1 heterocycles. The standard InChI is InChI=1S/C15H22N2O/c1-2-3-4-5-6-7-11-15(18)17-14-10-8-9-12-16-13-14/h3-4,8,10,12-13H,2,5-7,9,11H2,1H3,(H,17,18). The molecule has 3 nitrogen and oxygen atoms in total. The van der Waals surface area contributed by atoms with E-state index in [1.54, 1.807) is 6.20 Å². The van der Waals surface area contributed by atoms with Crippen molar-refractivity contribution in [3.8, 4) is 0 Å². The van der Waals surface area contributed by atoms with Gasteiger partial charge in [0.2, 0.25) is 5.91 Å². The van der Waals surface area contributed by atoms with Crippen LogP contribution in [0.25, 0.3) is 0 Å². The van der Waals surface area contributed by atoms with Crippen molar-refractivity contribution in [3.05, 3.63) is 36.2 Å². The third kappa shape index (κ3) is 6.84. The summed E-state index contributed by atoms with van der Waals surface area (Å²) in [6, 6.07) is 0. The van der Waals surface area contributed by atoms with E-state index >= 15 is 0 Å². The fraction of sp³-hybridized carbons (Fsp3) is 0.467. The number of carbonyl (C=O) groups excluding carboxylic acids is 1. The van der Waals surface area contributed by atoms with Crippen molar-refractivity contribution < 1.29 is 4.79 Å². The lowest BCUT2D eigenvalue weighted by Crippen LogP contribution is -2.21. The van der Waals surface area contributed by atoms with Gasteiger partial charge in [0.1, 0.15) is 0 Å². The molecule has 0 unspecified atom stereocenters. The molecule has 1 aliphatic rings. The van der Waals surface area contributed by atoms with Gasteiger partial charge in [0.05, 0.1) is 5.70 Å². The van der Waals surface area contributed by atoms with E-state index in [9.17, 15) is 4.79 Å². The Balaban J connectivity index is 2.15. The number of hydrogen-bond donors (Lipinski definition) is 1. The van der Waals surface area contributed by atoms with Crippen molar-refractivity contribution in [1.82, 2.24) is 5.32 Å². The van der Waals surface area contributed by atoms with Crippen molar-refractivity contribution in [2.75, 3.05) is 0 Å². The van der Waals surface area contributed by atoms with Crippen LogP contribution < -0.4 is 5.32 Å². The number of amides is 1. The molecule has 0 radical (unpaired) electrons. The maximum Gasteiger partial charge on any atom is 0.224 e. The van der Waals surface area contributed by atoms with E-state index in [4.69, 9.17) is 0 Å². The number of hydrogen-bond acceptors (Lipinski definition) is 2. The van der Waals surface area contributed by atoms with Crippen LogP contribution in [0.4, 0.5) is 0 Å². The molecule has 1 N–H and O–H groups in total. The van der Waals surface area contributed by atoms with Crippen LogP contribution in [-0.2, 0) is 4.79 Å². The van der Waals surface area contributed by atoms with Gasteiger partial charge in [0, 0.05) is 25.3 Å². The monoisotopic (exact) mass is 246 g/mol. The molecular formula is C15H22N2O. The molecule has 1 aliphatic heterocycles. The minimum absolute atomic E-state index is 0.0717. The second-order valence-electron chi connectivity index (χ2n) is 4.23. The molecule has 0 bridgehead atoms. The lowest BCUT2D eigenvalue weighted by atomic mass is 10.1. The Bertz CT molecular complexity index is 365. The van der Waals surface area contributed by atoms with Gasteiger partial charge in [-0.15, -0.1) is 0 Å². The fourth-order valence-corrected chi connectivity index (χ4v) is 1.62. The second kappa shape index (κ2) is 9.40. The van der Waals surface area contributed by atoms with Gasteiger partial charge in [0.25, 0.3) is 0 Å². The predicted molar refractivity (Wildman–Crippen MR) is 76.4 cm³/mol. The Kier molecular flexibility index (Phi) is 7.53. The average molecular weight is 246 g/mol. The number of nitrogens with one attached hydrogen (secondary N) is 1. The first-order valence-electron chi connectivity index (χ1n) is 6.66. The van der Waals surface area contributed by atoms with Gasteiger partial charge < -0.3 is 5.32 Å². The Morgan fingerprint density at radius 3 is 3.17 bits per heavy atom. The van der Waals surface area contributed by atoms with Crippen LogP contribution in [0.5, 0.6) is 0 Å². The Labute approximate surface area is 109 Å². The summed E-state index contributed by atoms with van der Waals surface area (Å²) < 4.78 is 0. The highest BCUT2D eigenvalue weighted by atomic mass is 16.1. The van der Waals surface area contributed by atoms with Crippen molar-refractivity contribution >= 4 is 12.1 Å². The summed E-state index contributed by atoms with van der Waals surface area (Å²) in [4.78, 5) is 15.7. The van der Waals surface area contributed by atoms with Gasteiger partial charge in [-0.2, -0.15) is 0 Å². The van der Waals surface area contributed by atoms with E-state index in [1.165, 1.54) is 0 Å². The molecule has 0 aromatic rings. The summed E-state index contributed by atoms with van der Waals surface area (Å²) in [6.45, 7) is 2.13. The highest BCUT2D eigenvalue weighted by molar-refractivity contribution is 5.78. The van der Waals surface area contributed by atoms with Crippen molar-refractivity contribution in [1.29, 1.82) is 0 Å². The van der Waals surface area contributed by atoms with Crippen LogP contribution in [0.1, 0.15) is 45.4 Å². The number of rotatable bonds is 7. The molecule has 0 aliphatic carbocycles. The topological polar surface area (TPSA) is 41.5 Å². The molecule has 0 atom stereocenters. The molecule has 0 saturated carbocycles. The van der Waals surface area contributed by atoms with Crippen molar-refractivity contribution in [3.63, 3.8) is 0 Å². The van der Waals surface area contributed by atoms with Crippen LogP contribution in [0.2, 0.25) is 0 Å². The maximum absolute atomic E-state index is 11.7. The first-order valence-corrected chi connectivity index (χ1v) is 6.66. The molecule has 3 heteroatoms. The Hall–Kier alpha value is -1.64. The van der Waals surface area contributed by atoms with Gasteiger partial charge >= 0.3 is 0 Å². The second-order valence-corrected chi connectivity index (χ2v) is 4.23. The molecule has 1 amide bonds. The number of unbranched alkanes of at least 4 members (excludes halogenated alkanes) is 2. The molecule has 0 aromatic heterocycles. The fourth-order valence-electron chi connectivity index (χ4n) is 1.62. The smallest absolute Gasteiger partial charge is 0.224 e. The average Bonchev–Trinajstić information content (AvgIpc) is 2.62. The lowest BCUT2D eigenvalue weighted by molar-refractivity contribution is -0.120. The first kappa shape index (κ1) is 14.4. The third-order valence-corrected chi connectivity index (χ3v) is 2.57. The van der Waals surface area contributed by atoms with Gasteiger partial charge in [-0.25, -0.2) is 0 Å². The summed E-state index contributed by atoms with van der Waals surface area (Å²) in [5, 5.41) is 2.86. The van der Waals surface area contributed by atoms with E-state index in [1.807, 2.05) is 18.4 Å². The Morgan fingerprint density at radius 2 is 2.33 bits per heavy atom. The minimum atomic E-state index is 0.0717. The molecule has 18 heavy (non-hydrogen) atoms. The zero-order valence-corrected chi connectivity index (χ0v) is 11.1. The van der Waals surface area contributed by atoms with Crippen LogP contribution in [0.15, 0.2) is 41.2 Å². The normalized spacial score (nSPS) is 14.6. The molecular weight excluding hydrogens is 224 g/mol. The highest BCUT2D eigenvalue weighted by Gasteiger charge is 2.02. The highest BCUT2D eigenvalue weighted by Crippen LogP contribution is 2.04. The minimum Gasteiger partial charge on any atom is -0.325 e. The molecule has 0 aromatic carbocycles. The van der Waals surface area contributed by atoms with Crippen LogP contribution >= 0.6 is 0 Å². The van der Waals surface area contributed by atoms with Crippen LogP contribution in [0, 0.1) is 0 Å². The van der Waals surface area contributed by atoms with E-state index in [0.717, 1.165) is 37.8 Å². The molecule has 0 fully saturated rings. The quantitative estimate of drug-likeness (QED) is 0.542. The SMILES string of the molecule is CCC=CCCCCC(=O)NC1=CN=CCC=C1. The van der Waals surface area contributed by atoms with Gasteiger partial charge in [-0.1, -0.05) is 25.2 Å². The summed E-state index contributed by atoms with van der Waals surface area (Å²) in [5.74, 6) is 0.0717. The molecule has 1 rings (SSSR count). The lowest BCUT2D eigenvalue weighted by Gasteiger charge is -2.04. The van der Waals surface area contributed by atoms with E-state index in [2.05, 4.69) is 29.4 Å². The number of allylic oxidation sites excluding steroid dienone is 4.